The van der Waals surface area contributed by atoms with E-state index in [1.807, 2.05) is 17.5 Å². The van der Waals surface area contributed by atoms with Crippen molar-refractivity contribution in [3.05, 3.63) is 47.7 Å². The minimum atomic E-state index is -0.0288. The first-order valence-corrected chi connectivity index (χ1v) is 7.86. The molecule has 116 valence electrons. The summed E-state index contributed by atoms with van der Waals surface area (Å²) in [4.78, 5) is 18.3. The van der Waals surface area contributed by atoms with Crippen LogP contribution in [0.2, 0.25) is 0 Å². The summed E-state index contributed by atoms with van der Waals surface area (Å²) in [5.74, 6) is -0.0288. The fourth-order valence-corrected chi connectivity index (χ4v) is 2.88. The fraction of sp³-hybridized carbons (Fsp3) is 0.214. The molecule has 1 aliphatic rings. The summed E-state index contributed by atoms with van der Waals surface area (Å²) >= 11 is 1.45. The molecule has 1 aliphatic heterocycles. The Balaban J connectivity index is 1.41. The molecule has 0 unspecified atom stereocenters. The maximum Gasteiger partial charge on any atom is 0.273 e. The third-order valence-electron chi connectivity index (χ3n) is 3.52. The molecule has 0 N–H and O–H groups in total. The van der Waals surface area contributed by atoms with Crippen molar-refractivity contribution >= 4 is 17.2 Å². The number of nitrogens with zero attached hydrogens (tertiary/aromatic N) is 6. The summed E-state index contributed by atoms with van der Waals surface area (Å²) in [6.07, 6.45) is 3.20. The molecule has 0 bridgehead atoms. The largest absolute Gasteiger partial charge is 0.463 e. The minimum Gasteiger partial charge on any atom is -0.463 e. The Bertz CT molecular complexity index is 799. The third kappa shape index (κ3) is 2.78. The molecule has 1 aromatic carbocycles. The number of carbonyl (C=O) groups is 1. The molecule has 0 spiro atoms. The zero-order valence-electron chi connectivity index (χ0n) is 11.9. The van der Waals surface area contributed by atoms with Crippen LogP contribution in [-0.4, -0.2) is 55.2 Å². The highest BCUT2D eigenvalue weighted by Gasteiger charge is 2.33. The molecule has 4 rings (SSSR count). The van der Waals surface area contributed by atoms with Crippen molar-refractivity contribution in [3.63, 3.8) is 0 Å². The van der Waals surface area contributed by atoms with Crippen LogP contribution in [0.4, 0.5) is 0 Å². The molecule has 0 saturated carbocycles. The minimum absolute atomic E-state index is 0.00722. The molecule has 0 atom stereocenters. The van der Waals surface area contributed by atoms with E-state index in [-0.39, 0.29) is 12.0 Å². The van der Waals surface area contributed by atoms with Gasteiger partial charge in [-0.05, 0) is 28.6 Å². The summed E-state index contributed by atoms with van der Waals surface area (Å²) in [6, 6.07) is 7.21. The number of carbonyl (C=O) groups excluding carboxylic acids is 1. The molecule has 23 heavy (non-hydrogen) atoms. The molecule has 8 nitrogen and oxygen atoms in total. The van der Waals surface area contributed by atoms with Gasteiger partial charge in [-0.3, -0.25) is 4.79 Å². The first-order chi connectivity index (χ1) is 11.3. The highest BCUT2D eigenvalue weighted by molar-refractivity contribution is 7.11. The summed E-state index contributed by atoms with van der Waals surface area (Å²) in [7, 11) is 0. The van der Waals surface area contributed by atoms with E-state index in [2.05, 4.69) is 20.5 Å². The van der Waals surface area contributed by atoms with Gasteiger partial charge in [-0.2, -0.15) is 0 Å². The van der Waals surface area contributed by atoms with Gasteiger partial charge in [0.1, 0.15) is 12.4 Å². The van der Waals surface area contributed by atoms with Crippen molar-refractivity contribution in [3.8, 4) is 10.9 Å². The summed E-state index contributed by atoms with van der Waals surface area (Å²) < 4.78 is 7.19. The van der Waals surface area contributed by atoms with Gasteiger partial charge < -0.3 is 9.64 Å². The topological polar surface area (TPSA) is 86.0 Å². The van der Waals surface area contributed by atoms with E-state index in [0.717, 1.165) is 5.69 Å². The lowest BCUT2D eigenvalue weighted by molar-refractivity contribution is 0.0177. The van der Waals surface area contributed by atoms with E-state index in [4.69, 9.17) is 4.74 Å². The Morgan fingerprint density at radius 1 is 1.35 bits per heavy atom. The fourth-order valence-electron chi connectivity index (χ4n) is 2.33. The summed E-state index contributed by atoms with van der Waals surface area (Å²) in [5.41, 5.74) is 1.35. The Kier molecular flexibility index (Phi) is 3.46. The number of benzene rings is 1. The Hall–Kier alpha value is -2.81. The summed E-state index contributed by atoms with van der Waals surface area (Å²) in [6.45, 7) is 1.13. The number of amides is 1. The van der Waals surface area contributed by atoms with Crippen LogP contribution in [0.15, 0.2) is 42.2 Å². The van der Waals surface area contributed by atoms with E-state index in [0.29, 0.717) is 23.8 Å². The van der Waals surface area contributed by atoms with E-state index in [1.165, 1.54) is 22.3 Å². The number of likely N-dealkylation sites (tertiary alicyclic amines) is 1. The number of tetrazole rings is 1. The van der Waals surface area contributed by atoms with Crippen molar-refractivity contribution < 1.29 is 9.53 Å². The second-order valence-corrected chi connectivity index (χ2v) is 5.91. The highest BCUT2D eigenvalue weighted by Crippen LogP contribution is 2.22. The number of ether oxygens (including phenoxy) is 1. The first-order valence-electron chi connectivity index (χ1n) is 6.98. The van der Waals surface area contributed by atoms with Crippen LogP contribution >= 0.6 is 11.3 Å². The van der Waals surface area contributed by atoms with Crippen LogP contribution < -0.4 is 4.74 Å². The van der Waals surface area contributed by atoms with Crippen LogP contribution in [-0.2, 0) is 0 Å². The molecule has 1 amide bonds. The maximum atomic E-state index is 12.5. The first kappa shape index (κ1) is 13.8. The van der Waals surface area contributed by atoms with Gasteiger partial charge in [0.25, 0.3) is 11.1 Å². The molecular formula is C14H12N6O2S. The van der Waals surface area contributed by atoms with Gasteiger partial charge >= 0.3 is 0 Å². The van der Waals surface area contributed by atoms with Crippen molar-refractivity contribution in [1.29, 1.82) is 0 Å². The van der Waals surface area contributed by atoms with Crippen LogP contribution in [0, 0.1) is 0 Å². The van der Waals surface area contributed by atoms with Gasteiger partial charge in [0.15, 0.2) is 0 Å². The third-order valence-corrected chi connectivity index (χ3v) is 4.18. The number of hydrogen-bond acceptors (Lipinski definition) is 7. The zero-order valence-corrected chi connectivity index (χ0v) is 12.8. The van der Waals surface area contributed by atoms with Gasteiger partial charge in [0.05, 0.1) is 18.8 Å². The SMILES string of the molecule is O=C(c1cccc(-n2cnnn2)c1)N1CC(Oc2nccs2)C1. The Morgan fingerprint density at radius 3 is 3.00 bits per heavy atom. The average molecular weight is 328 g/mol. The quantitative estimate of drug-likeness (QED) is 0.711. The molecule has 1 saturated heterocycles. The number of aromatic nitrogens is 5. The van der Waals surface area contributed by atoms with Crippen LogP contribution in [0.5, 0.6) is 5.19 Å². The van der Waals surface area contributed by atoms with Crippen molar-refractivity contribution in [2.45, 2.75) is 6.10 Å². The standard InChI is InChI=1S/C14H12N6O2S/c21-13(19-7-12(8-19)22-14-15-4-5-23-14)10-2-1-3-11(6-10)20-9-16-17-18-20/h1-6,9,12H,7-8H2. The van der Waals surface area contributed by atoms with E-state index in [9.17, 15) is 4.79 Å². The van der Waals surface area contributed by atoms with Crippen molar-refractivity contribution in [2.24, 2.45) is 0 Å². The molecule has 0 aliphatic carbocycles. The predicted molar refractivity (Wildman–Crippen MR) is 81.6 cm³/mol. The molecule has 1 fully saturated rings. The zero-order chi connectivity index (χ0) is 15.6. The number of thiazole rings is 1. The summed E-state index contributed by atoms with van der Waals surface area (Å²) in [5, 5.41) is 13.5. The average Bonchev–Trinajstić information content (AvgIpc) is 3.23. The number of rotatable bonds is 4. The van der Waals surface area contributed by atoms with Gasteiger partial charge in [-0.15, -0.1) is 5.10 Å². The molecule has 9 heteroatoms. The predicted octanol–water partition coefficient (Wildman–Crippen LogP) is 1.02. The van der Waals surface area contributed by atoms with Gasteiger partial charge in [0, 0.05) is 17.1 Å². The normalized spacial score (nSPS) is 14.5. The lowest BCUT2D eigenvalue weighted by Crippen LogP contribution is -2.56. The molecule has 3 aromatic rings. The van der Waals surface area contributed by atoms with Crippen LogP contribution in [0.1, 0.15) is 10.4 Å². The van der Waals surface area contributed by atoms with Gasteiger partial charge in [-0.1, -0.05) is 17.4 Å². The second-order valence-electron chi connectivity index (χ2n) is 5.05. The second kappa shape index (κ2) is 5.76. The lowest BCUT2D eigenvalue weighted by atomic mass is 10.1. The lowest BCUT2D eigenvalue weighted by Gasteiger charge is -2.38. The van der Waals surface area contributed by atoms with Crippen molar-refractivity contribution in [1.82, 2.24) is 30.1 Å². The Morgan fingerprint density at radius 2 is 2.26 bits per heavy atom. The van der Waals surface area contributed by atoms with Crippen LogP contribution in [0.25, 0.3) is 5.69 Å². The highest BCUT2D eigenvalue weighted by atomic mass is 32.1. The molecule has 3 heterocycles. The van der Waals surface area contributed by atoms with E-state index in [1.54, 1.807) is 23.2 Å². The van der Waals surface area contributed by atoms with E-state index >= 15 is 0 Å². The molecule has 2 aromatic heterocycles. The van der Waals surface area contributed by atoms with E-state index < -0.39 is 0 Å². The van der Waals surface area contributed by atoms with Gasteiger partial charge in [-0.25, -0.2) is 9.67 Å². The smallest absolute Gasteiger partial charge is 0.273 e. The Labute approximate surface area is 135 Å². The number of hydrogen-bond donors (Lipinski definition) is 0. The van der Waals surface area contributed by atoms with Crippen molar-refractivity contribution in [2.75, 3.05) is 13.1 Å². The maximum absolute atomic E-state index is 12.5. The molecule has 0 radical (unpaired) electrons. The van der Waals surface area contributed by atoms with Crippen LogP contribution in [0.3, 0.4) is 0 Å². The van der Waals surface area contributed by atoms with Gasteiger partial charge in [0.2, 0.25) is 0 Å². The molecular weight excluding hydrogens is 316 g/mol. The monoisotopic (exact) mass is 328 g/mol.